The summed E-state index contributed by atoms with van der Waals surface area (Å²) in [7, 11) is 1.58. The molecule has 2 amide bonds. The number of anilines is 1. The Kier molecular flexibility index (Phi) is 5.58. The molecular formula is C25H24ClN3O4. The van der Waals surface area contributed by atoms with E-state index in [-0.39, 0.29) is 18.2 Å². The first-order valence-corrected chi connectivity index (χ1v) is 11.3. The van der Waals surface area contributed by atoms with Gasteiger partial charge in [0.05, 0.1) is 31.0 Å². The molecule has 33 heavy (non-hydrogen) atoms. The highest BCUT2D eigenvalue weighted by Crippen LogP contribution is 2.36. The molecule has 1 atom stereocenters. The highest BCUT2D eigenvalue weighted by atomic mass is 35.5. The Morgan fingerprint density at radius 1 is 1.21 bits per heavy atom. The van der Waals surface area contributed by atoms with Gasteiger partial charge in [0.25, 0.3) is 0 Å². The van der Waals surface area contributed by atoms with E-state index in [0.29, 0.717) is 48.3 Å². The first kappa shape index (κ1) is 21.5. The van der Waals surface area contributed by atoms with Crippen molar-refractivity contribution in [2.24, 2.45) is 5.92 Å². The number of rotatable bonds is 4. The Morgan fingerprint density at radius 3 is 2.76 bits per heavy atom. The van der Waals surface area contributed by atoms with Gasteiger partial charge in [-0.3, -0.25) is 9.59 Å². The summed E-state index contributed by atoms with van der Waals surface area (Å²) in [5.41, 5.74) is 4.40. The molecule has 0 aliphatic carbocycles. The number of halogens is 1. The van der Waals surface area contributed by atoms with E-state index in [1.54, 1.807) is 24.1 Å². The van der Waals surface area contributed by atoms with Crippen molar-refractivity contribution in [2.75, 3.05) is 25.1 Å². The molecule has 2 aliphatic rings. The Morgan fingerprint density at radius 2 is 2.00 bits per heavy atom. The van der Waals surface area contributed by atoms with Crippen molar-refractivity contribution in [2.45, 2.75) is 26.3 Å². The molecule has 0 radical (unpaired) electrons. The molecule has 1 saturated heterocycles. The van der Waals surface area contributed by atoms with Crippen LogP contribution in [0.15, 0.2) is 47.0 Å². The van der Waals surface area contributed by atoms with Crippen LogP contribution in [0.2, 0.25) is 5.02 Å². The highest BCUT2D eigenvalue weighted by Gasteiger charge is 2.39. The van der Waals surface area contributed by atoms with Crippen molar-refractivity contribution in [3.63, 3.8) is 0 Å². The summed E-state index contributed by atoms with van der Waals surface area (Å²) >= 11 is 6.01. The van der Waals surface area contributed by atoms with E-state index in [1.807, 2.05) is 42.2 Å². The third-order valence-corrected chi connectivity index (χ3v) is 6.61. The molecule has 0 N–H and O–H groups in total. The third-order valence-electron chi connectivity index (χ3n) is 6.35. The molecular weight excluding hydrogens is 442 g/mol. The van der Waals surface area contributed by atoms with Crippen LogP contribution in [0, 0.1) is 12.8 Å². The summed E-state index contributed by atoms with van der Waals surface area (Å²) in [5, 5.41) is 4.86. The van der Waals surface area contributed by atoms with Crippen molar-refractivity contribution >= 4 is 29.1 Å². The van der Waals surface area contributed by atoms with Gasteiger partial charge < -0.3 is 19.1 Å². The van der Waals surface area contributed by atoms with Gasteiger partial charge in [-0.1, -0.05) is 22.8 Å². The molecule has 0 bridgehead atoms. The topological polar surface area (TPSA) is 75.9 Å². The zero-order chi connectivity index (χ0) is 23.1. The number of nitrogens with zero attached hydrogens (tertiary/aromatic N) is 3. The molecule has 5 rings (SSSR count). The summed E-state index contributed by atoms with van der Waals surface area (Å²) in [6.07, 6.45) is 0.807. The van der Waals surface area contributed by atoms with Crippen LogP contribution in [0.4, 0.5) is 5.69 Å². The van der Waals surface area contributed by atoms with E-state index >= 15 is 0 Å². The second-order valence-corrected chi connectivity index (χ2v) is 8.97. The predicted octanol–water partition coefficient (Wildman–Crippen LogP) is 4.25. The lowest BCUT2D eigenvalue weighted by Crippen LogP contribution is -2.40. The van der Waals surface area contributed by atoms with Crippen LogP contribution < -0.4 is 9.64 Å². The average molecular weight is 466 g/mol. The van der Waals surface area contributed by atoms with Crippen LogP contribution in [0.5, 0.6) is 5.75 Å². The van der Waals surface area contributed by atoms with Gasteiger partial charge in [0.2, 0.25) is 11.8 Å². The molecule has 3 aromatic rings. The molecule has 1 aromatic heterocycles. The van der Waals surface area contributed by atoms with E-state index in [0.717, 1.165) is 22.4 Å². The van der Waals surface area contributed by atoms with Gasteiger partial charge >= 0.3 is 0 Å². The number of benzene rings is 2. The minimum Gasteiger partial charge on any atom is -0.495 e. The summed E-state index contributed by atoms with van der Waals surface area (Å²) in [6, 6.07) is 13.1. The Bertz CT molecular complexity index is 1220. The average Bonchev–Trinajstić information content (AvgIpc) is 3.42. The third kappa shape index (κ3) is 3.97. The first-order chi connectivity index (χ1) is 15.9. The summed E-state index contributed by atoms with van der Waals surface area (Å²) in [6.45, 7) is 3.27. The van der Waals surface area contributed by atoms with Gasteiger partial charge in [-0.15, -0.1) is 0 Å². The maximum absolute atomic E-state index is 13.4. The van der Waals surface area contributed by atoms with Crippen molar-refractivity contribution in [1.29, 1.82) is 0 Å². The van der Waals surface area contributed by atoms with Crippen molar-refractivity contribution in [3.8, 4) is 17.1 Å². The fraction of sp³-hybridized carbons (Fsp3) is 0.320. The SMILES string of the molecule is COc1ccc(C)cc1N1CC(C(=O)N2CCc3noc(-c4ccc(Cl)cc4)c3C2)CC1=O. The second-order valence-electron chi connectivity index (χ2n) is 8.53. The smallest absolute Gasteiger partial charge is 0.228 e. The number of aromatic nitrogens is 1. The van der Waals surface area contributed by atoms with Gasteiger partial charge in [0.1, 0.15) is 5.75 Å². The number of methoxy groups -OCH3 is 1. The number of aryl methyl sites for hydroxylation is 1. The van der Waals surface area contributed by atoms with Crippen LogP contribution in [0.1, 0.15) is 23.2 Å². The first-order valence-electron chi connectivity index (χ1n) is 10.9. The zero-order valence-corrected chi connectivity index (χ0v) is 19.3. The lowest BCUT2D eigenvalue weighted by Gasteiger charge is -2.29. The largest absolute Gasteiger partial charge is 0.495 e. The van der Waals surface area contributed by atoms with E-state index in [9.17, 15) is 9.59 Å². The minimum atomic E-state index is -0.400. The van der Waals surface area contributed by atoms with Gasteiger partial charge in [0.15, 0.2) is 5.76 Å². The molecule has 170 valence electrons. The lowest BCUT2D eigenvalue weighted by atomic mass is 9.99. The minimum absolute atomic E-state index is 0.0219. The Hall–Kier alpha value is -3.32. The molecule has 0 spiro atoms. The van der Waals surface area contributed by atoms with Crippen LogP contribution in [0.25, 0.3) is 11.3 Å². The summed E-state index contributed by atoms with van der Waals surface area (Å²) in [4.78, 5) is 29.7. The van der Waals surface area contributed by atoms with Gasteiger partial charge in [-0.05, 0) is 48.9 Å². The Labute approximate surface area is 196 Å². The molecule has 0 saturated carbocycles. The molecule has 8 heteroatoms. The van der Waals surface area contributed by atoms with E-state index in [1.165, 1.54) is 0 Å². The van der Waals surface area contributed by atoms with Crippen molar-refractivity contribution in [3.05, 3.63) is 64.3 Å². The molecule has 7 nitrogen and oxygen atoms in total. The van der Waals surface area contributed by atoms with Crippen LogP contribution >= 0.6 is 11.6 Å². The second kappa shape index (κ2) is 8.56. The maximum Gasteiger partial charge on any atom is 0.228 e. The zero-order valence-electron chi connectivity index (χ0n) is 18.5. The van der Waals surface area contributed by atoms with E-state index in [2.05, 4.69) is 5.16 Å². The number of fused-ring (bicyclic) bond motifs is 1. The van der Waals surface area contributed by atoms with Crippen LogP contribution in [-0.4, -0.2) is 42.1 Å². The van der Waals surface area contributed by atoms with Crippen LogP contribution in [0.3, 0.4) is 0 Å². The molecule has 3 heterocycles. The quantitative estimate of drug-likeness (QED) is 0.575. The number of hydrogen-bond acceptors (Lipinski definition) is 5. The number of amides is 2. The highest BCUT2D eigenvalue weighted by molar-refractivity contribution is 6.30. The molecule has 1 fully saturated rings. The fourth-order valence-corrected chi connectivity index (χ4v) is 4.73. The van der Waals surface area contributed by atoms with E-state index < -0.39 is 5.92 Å². The van der Waals surface area contributed by atoms with Crippen molar-refractivity contribution < 1.29 is 18.8 Å². The lowest BCUT2D eigenvalue weighted by molar-refractivity contribution is -0.136. The standard InChI is InChI=1S/C25H24ClN3O4/c1-15-3-8-22(32-2)21(11-15)29-13-17(12-23(29)30)25(31)28-10-9-20-19(14-28)24(33-27-20)16-4-6-18(26)7-5-16/h3-8,11,17H,9-10,12-14H2,1-2H3. The van der Waals surface area contributed by atoms with Crippen molar-refractivity contribution in [1.82, 2.24) is 10.1 Å². The maximum atomic E-state index is 13.4. The Balaban J connectivity index is 1.35. The van der Waals surface area contributed by atoms with Gasteiger partial charge in [-0.2, -0.15) is 0 Å². The van der Waals surface area contributed by atoms with Gasteiger partial charge in [0, 0.05) is 42.1 Å². The number of hydrogen-bond donors (Lipinski definition) is 0. The van der Waals surface area contributed by atoms with Gasteiger partial charge in [-0.25, -0.2) is 0 Å². The number of ether oxygens (including phenoxy) is 1. The molecule has 1 unspecified atom stereocenters. The van der Waals surface area contributed by atoms with E-state index in [4.69, 9.17) is 20.9 Å². The summed E-state index contributed by atoms with van der Waals surface area (Å²) < 4.78 is 11.1. The normalized spacial score (nSPS) is 17.9. The molecule has 2 aliphatic heterocycles. The fourth-order valence-electron chi connectivity index (χ4n) is 4.60. The molecule has 2 aromatic carbocycles. The summed E-state index contributed by atoms with van der Waals surface area (Å²) in [5.74, 6) is 0.797. The number of carbonyl (C=O) groups excluding carboxylic acids is 2. The van der Waals surface area contributed by atoms with Crippen LogP contribution in [-0.2, 0) is 22.6 Å². The number of carbonyl (C=O) groups is 2. The monoisotopic (exact) mass is 465 g/mol. The predicted molar refractivity (Wildman–Crippen MR) is 124 cm³/mol.